The van der Waals surface area contributed by atoms with Gasteiger partial charge in [-0.15, -0.1) is 0 Å². The summed E-state index contributed by atoms with van der Waals surface area (Å²) in [5.74, 6) is 1.37. The molecule has 0 atom stereocenters. The molecule has 2 aromatic rings. The summed E-state index contributed by atoms with van der Waals surface area (Å²) >= 11 is 1.13. The van der Waals surface area contributed by atoms with Crippen molar-refractivity contribution in [2.24, 2.45) is 10.1 Å². The zero-order valence-electron chi connectivity index (χ0n) is 21.2. The number of fused-ring (bicyclic) bond motifs is 1. The predicted octanol–water partition coefficient (Wildman–Crippen LogP) is 5.50. The van der Waals surface area contributed by atoms with Crippen LogP contribution in [0.1, 0.15) is 57.7 Å². The molecule has 0 spiro atoms. The van der Waals surface area contributed by atoms with E-state index >= 15 is 0 Å². The molecule has 184 valence electrons. The molecule has 8 heteroatoms. The van der Waals surface area contributed by atoms with Crippen LogP contribution in [0.4, 0.5) is 10.5 Å². The Morgan fingerprint density at radius 1 is 1.17 bits per heavy atom. The summed E-state index contributed by atoms with van der Waals surface area (Å²) in [4.78, 5) is 31.6. The number of hydrazone groups is 1. The Labute approximate surface area is 211 Å². The molecule has 2 amide bonds. The van der Waals surface area contributed by atoms with E-state index in [4.69, 9.17) is 9.73 Å². The summed E-state index contributed by atoms with van der Waals surface area (Å²) in [5, 5.41) is 5.10. The first kappa shape index (κ1) is 25.0. The number of amidine groups is 1. The van der Waals surface area contributed by atoms with Gasteiger partial charge in [0.25, 0.3) is 0 Å². The van der Waals surface area contributed by atoms with Gasteiger partial charge in [-0.05, 0) is 99.8 Å². The lowest BCUT2D eigenvalue weighted by molar-refractivity contribution is -0.125. The van der Waals surface area contributed by atoms with Gasteiger partial charge >= 0.3 is 5.24 Å². The maximum absolute atomic E-state index is 12.4. The molecule has 0 N–H and O–H groups in total. The van der Waals surface area contributed by atoms with Gasteiger partial charge in [-0.2, -0.15) is 10.1 Å². The lowest BCUT2D eigenvalue weighted by Crippen LogP contribution is -2.43. The fraction of sp³-hybridized carbons (Fsp3) is 0.407. The number of thioether (sulfide) groups is 1. The second kappa shape index (κ2) is 9.85. The van der Waals surface area contributed by atoms with Crippen molar-refractivity contribution >= 4 is 40.1 Å². The minimum atomic E-state index is -0.543. The molecule has 7 nitrogen and oxygen atoms in total. The van der Waals surface area contributed by atoms with Gasteiger partial charge in [0.15, 0.2) is 0 Å². The normalized spacial score (nSPS) is 17.9. The van der Waals surface area contributed by atoms with Gasteiger partial charge in [0.05, 0.1) is 17.6 Å². The molecule has 0 saturated carbocycles. The second-order valence-corrected chi connectivity index (χ2v) is 11.1. The quantitative estimate of drug-likeness (QED) is 0.416. The third-order valence-corrected chi connectivity index (χ3v) is 7.09. The number of aryl methyl sites for hydroxylation is 1. The van der Waals surface area contributed by atoms with Gasteiger partial charge in [-0.3, -0.25) is 14.6 Å². The SMILES string of the molecule is COc1ccc(C(=NC(C)C)N2CCCc3cc(C4=NN(C(C)=O)C(=O)SC4(C)C)ccc32)cc1. The van der Waals surface area contributed by atoms with E-state index < -0.39 is 4.75 Å². The minimum absolute atomic E-state index is 0.140. The first-order valence-corrected chi connectivity index (χ1v) is 12.7. The summed E-state index contributed by atoms with van der Waals surface area (Å²) in [6.07, 6.45) is 1.93. The minimum Gasteiger partial charge on any atom is -0.497 e. The van der Waals surface area contributed by atoms with Crippen LogP contribution in [-0.4, -0.2) is 52.1 Å². The number of amides is 2. The molecular weight excluding hydrogens is 460 g/mol. The maximum atomic E-state index is 12.4. The molecule has 0 unspecified atom stereocenters. The fourth-order valence-corrected chi connectivity index (χ4v) is 5.37. The average molecular weight is 493 g/mol. The Morgan fingerprint density at radius 3 is 2.51 bits per heavy atom. The predicted molar refractivity (Wildman–Crippen MR) is 143 cm³/mol. The van der Waals surface area contributed by atoms with Crippen molar-refractivity contribution in [2.45, 2.75) is 58.2 Å². The number of hydrogen-bond donors (Lipinski definition) is 0. The van der Waals surface area contributed by atoms with Crippen LogP contribution >= 0.6 is 11.8 Å². The lowest BCUT2D eigenvalue weighted by Gasteiger charge is -2.35. The second-order valence-electron chi connectivity index (χ2n) is 9.53. The van der Waals surface area contributed by atoms with Crippen LogP contribution in [0, 0.1) is 0 Å². The third-order valence-electron chi connectivity index (χ3n) is 6.04. The number of imide groups is 1. The molecule has 0 radical (unpaired) electrons. The molecular formula is C27H32N4O3S. The molecule has 0 bridgehead atoms. The molecule has 0 aliphatic carbocycles. The van der Waals surface area contributed by atoms with Crippen LogP contribution in [0.3, 0.4) is 0 Å². The van der Waals surface area contributed by atoms with Gasteiger partial charge in [0.2, 0.25) is 5.91 Å². The average Bonchev–Trinajstić information content (AvgIpc) is 2.81. The van der Waals surface area contributed by atoms with E-state index in [1.54, 1.807) is 7.11 Å². The molecule has 35 heavy (non-hydrogen) atoms. The molecule has 2 aromatic carbocycles. The Morgan fingerprint density at radius 2 is 1.89 bits per heavy atom. The largest absolute Gasteiger partial charge is 0.497 e. The van der Waals surface area contributed by atoms with Crippen molar-refractivity contribution in [2.75, 3.05) is 18.6 Å². The standard InChI is InChI=1S/C27H32N4O3S/c1-17(2)28-25(19-9-12-22(34-6)13-10-19)30-15-7-8-20-16-21(11-14-23(20)30)24-27(4,5)35-26(33)31(29-24)18(3)32/h9-14,16-17H,7-8,15H2,1-6H3. The zero-order chi connectivity index (χ0) is 25.3. The number of anilines is 1. The molecule has 2 heterocycles. The fourth-order valence-electron chi connectivity index (χ4n) is 4.42. The van der Waals surface area contributed by atoms with E-state index in [0.29, 0.717) is 0 Å². The molecule has 0 fully saturated rings. The van der Waals surface area contributed by atoms with E-state index in [1.165, 1.54) is 12.5 Å². The number of nitrogens with zero attached hydrogens (tertiary/aromatic N) is 4. The van der Waals surface area contributed by atoms with Crippen LogP contribution in [-0.2, 0) is 11.2 Å². The van der Waals surface area contributed by atoms with Crippen LogP contribution in [0.15, 0.2) is 52.6 Å². The van der Waals surface area contributed by atoms with Crippen LogP contribution < -0.4 is 9.64 Å². The van der Waals surface area contributed by atoms with Gasteiger partial charge in [-0.1, -0.05) is 6.07 Å². The van der Waals surface area contributed by atoms with Crippen molar-refractivity contribution in [3.8, 4) is 5.75 Å². The smallest absolute Gasteiger partial charge is 0.309 e. The van der Waals surface area contributed by atoms with Gasteiger partial charge in [-0.25, -0.2) is 0 Å². The van der Waals surface area contributed by atoms with E-state index in [9.17, 15) is 9.59 Å². The highest BCUT2D eigenvalue weighted by molar-refractivity contribution is 8.15. The summed E-state index contributed by atoms with van der Waals surface area (Å²) in [5.41, 5.74) is 5.02. The Bertz CT molecular complexity index is 1200. The van der Waals surface area contributed by atoms with E-state index in [2.05, 4.69) is 36.0 Å². The number of benzene rings is 2. The summed E-state index contributed by atoms with van der Waals surface area (Å²) < 4.78 is 4.79. The highest BCUT2D eigenvalue weighted by Crippen LogP contribution is 2.38. The highest BCUT2D eigenvalue weighted by Gasteiger charge is 2.39. The van der Waals surface area contributed by atoms with Crippen LogP contribution in [0.25, 0.3) is 0 Å². The third kappa shape index (κ3) is 5.12. The van der Waals surface area contributed by atoms with E-state index in [0.717, 1.165) is 70.3 Å². The number of aliphatic imine (C=N–C) groups is 1. The topological polar surface area (TPSA) is 74.6 Å². The summed E-state index contributed by atoms with van der Waals surface area (Å²) in [6, 6.07) is 14.5. The molecule has 2 aliphatic heterocycles. The first-order chi connectivity index (χ1) is 16.6. The number of hydrogen-bond acceptors (Lipinski definition) is 6. The van der Waals surface area contributed by atoms with Crippen molar-refractivity contribution < 1.29 is 14.3 Å². The van der Waals surface area contributed by atoms with Gasteiger partial charge in [0.1, 0.15) is 11.6 Å². The van der Waals surface area contributed by atoms with Gasteiger partial charge in [0, 0.05) is 30.8 Å². The monoisotopic (exact) mass is 492 g/mol. The first-order valence-electron chi connectivity index (χ1n) is 11.9. The molecule has 0 aromatic heterocycles. The van der Waals surface area contributed by atoms with Crippen molar-refractivity contribution in [3.05, 3.63) is 59.2 Å². The molecule has 4 rings (SSSR count). The van der Waals surface area contributed by atoms with Crippen LogP contribution in [0.5, 0.6) is 5.75 Å². The Balaban J connectivity index is 1.75. The lowest BCUT2D eigenvalue weighted by atomic mass is 9.93. The zero-order valence-corrected chi connectivity index (χ0v) is 22.0. The van der Waals surface area contributed by atoms with E-state index in [1.807, 2.05) is 44.2 Å². The Hall–Kier alpha value is -3.13. The molecule has 0 saturated heterocycles. The number of methoxy groups -OCH3 is 1. The number of ether oxygens (including phenoxy) is 1. The van der Waals surface area contributed by atoms with Crippen LogP contribution in [0.2, 0.25) is 0 Å². The van der Waals surface area contributed by atoms with Gasteiger partial charge < -0.3 is 9.64 Å². The summed E-state index contributed by atoms with van der Waals surface area (Å²) in [7, 11) is 1.67. The van der Waals surface area contributed by atoms with Crippen molar-refractivity contribution in [1.82, 2.24) is 5.01 Å². The van der Waals surface area contributed by atoms with E-state index in [-0.39, 0.29) is 17.2 Å². The molecule has 2 aliphatic rings. The van der Waals surface area contributed by atoms with Crippen molar-refractivity contribution in [3.63, 3.8) is 0 Å². The maximum Gasteiger partial charge on any atom is 0.309 e. The number of carbonyl (C=O) groups is 2. The van der Waals surface area contributed by atoms with Crippen molar-refractivity contribution in [1.29, 1.82) is 0 Å². The Kier molecular flexibility index (Phi) is 7.03. The highest BCUT2D eigenvalue weighted by atomic mass is 32.2. The number of rotatable bonds is 4. The summed E-state index contributed by atoms with van der Waals surface area (Å²) in [6.45, 7) is 10.3. The number of carbonyl (C=O) groups excluding carboxylic acids is 2.